The fourth-order valence-corrected chi connectivity index (χ4v) is 1.66. The average molecular weight is 199 g/mol. The highest BCUT2D eigenvalue weighted by Gasteiger charge is 2.06. The van der Waals surface area contributed by atoms with Crippen molar-refractivity contribution in [2.24, 2.45) is 0 Å². The zero-order valence-corrected chi connectivity index (χ0v) is 8.70. The Morgan fingerprint density at radius 2 is 2.27 bits per heavy atom. The van der Waals surface area contributed by atoms with E-state index in [1.54, 1.807) is 0 Å². The number of benzene rings is 1. The van der Waals surface area contributed by atoms with Gasteiger partial charge in [-0.2, -0.15) is 0 Å². The first-order valence-corrected chi connectivity index (χ1v) is 4.99. The Labute approximate surface area is 89.1 Å². The fraction of sp³-hybridized carbons (Fsp3) is 0.250. The van der Waals surface area contributed by atoms with Crippen molar-refractivity contribution in [1.29, 1.82) is 0 Å². The van der Waals surface area contributed by atoms with Crippen molar-refractivity contribution in [3.63, 3.8) is 0 Å². The molecule has 0 aliphatic carbocycles. The minimum absolute atomic E-state index is 0.503. The van der Waals surface area contributed by atoms with Crippen molar-refractivity contribution >= 4 is 17.0 Å². The van der Waals surface area contributed by atoms with Gasteiger partial charge in [-0.1, -0.05) is 18.1 Å². The van der Waals surface area contributed by atoms with E-state index >= 15 is 0 Å². The first-order valence-electron chi connectivity index (χ1n) is 4.99. The lowest BCUT2D eigenvalue weighted by Crippen LogP contribution is -2.06. The number of fused-ring (bicyclic) bond motifs is 1. The first-order chi connectivity index (χ1) is 7.36. The van der Waals surface area contributed by atoms with Crippen LogP contribution in [0, 0.1) is 12.3 Å². The molecule has 3 heteroatoms. The monoisotopic (exact) mass is 199 g/mol. The van der Waals surface area contributed by atoms with Crippen molar-refractivity contribution in [3.8, 4) is 12.3 Å². The molecule has 1 N–H and O–H groups in total. The van der Waals surface area contributed by atoms with Crippen molar-refractivity contribution in [2.75, 3.05) is 11.9 Å². The molecule has 0 fully saturated rings. The fourth-order valence-electron chi connectivity index (χ4n) is 1.66. The summed E-state index contributed by atoms with van der Waals surface area (Å²) in [5.74, 6) is 3.39. The summed E-state index contributed by atoms with van der Waals surface area (Å²) < 4.78 is 2.12. The molecule has 2 rings (SSSR count). The van der Waals surface area contributed by atoms with Gasteiger partial charge in [0.1, 0.15) is 0 Å². The third-order valence-electron chi connectivity index (χ3n) is 2.32. The van der Waals surface area contributed by atoms with E-state index in [1.165, 1.54) is 0 Å². The lowest BCUT2D eigenvalue weighted by atomic mass is 10.3. The Hall–Kier alpha value is -1.95. The first kappa shape index (κ1) is 9.60. The van der Waals surface area contributed by atoms with E-state index in [2.05, 4.69) is 33.8 Å². The predicted molar refractivity (Wildman–Crippen MR) is 62.7 cm³/mol. The van der Waals surface area contributed by atoms with Gasteiger partial charge in [-0.15, -0.1) is 6.42 Å². The van der Waals surface area contributed by atoms with Crippen LogP contribution in [0.2, 0.25) is 0 Å². The van der Waals surface area contributed by atoms with Gasteiger partial charge >= 0.3 is 0 Å². The third-order valence-corrected chi connectivity index (χ3v) is 2.32. The molecule has 1 heterocycles. The molecule has 0 aliphatic rings. The van der Waals surface area contributed by atoms with Gasteiger partial charge < -0.3 is 9.88 Å². The minimum atomic E-state index is 0.503. The van der Waals surface area contributed by atoms with Crippen LogP contribution in [0.5, 0.6) is 0 Å². The van der Waals surface area contributed by atoms with Crippen LogP contribution in [0.15, 0.2) is 24.3 Å². The smallest absolute Gasteiger partial charge is 0.204 e. The van der Waals surface area contributed by atoms with Gasteiger partial charge in [0.2, 0.25) is 5.95 Å². The molecule has 15 heavy (non-hydrogen) atoms. The molecular formula is C12H13N3. The second-order valence-electron chi connectivity index (χ2n) is 3.23. The Morgan fingerprint density at radius 1 is 1.47 bits per heavy atom. The van der Waals surface area contributed by atoms with Crippen LogP contribution in [-0.2, 0) is 6.54 Å². The molecule has 0 radical (unpaired) electrons. The number of para-hydroxylation sites is 2. The van der Waals surface area contributed by atoms with Crippen LogP contribution in [0.4, 0.5) is 5.95 Å². The zero-order valence-electron chi connectivity index (χ0n) is 8.70. The van der Waals surface area contributed by atoms with Gasteiger partial charge in [0.15, 0.2) is 0 Å². The van der Waals surface area contributed by atoms with Gasteiger partial charge in [0, 0.05) is 6.54 Å². The van der Waals surface area contributed by atoms with E-state index in [4.69, 9.17) is 6.42 Å². The van der Waals surface area contributed by atoms with Crippen molar-refractivity contribution in [2.45, 2.75) is 13.5 Å². The highest BCUT2D eigenvalue weighted by atomic mass is 15.2. The van der Waals surface area contributed by atoms with E-state index in [0.717, 1.165) is 23.5 Å². The largest absolute Gasteiger partial charge is 0.345 e. The third kappa shape index (κ3) is 1.66. The molecule has 1 aromatic carbocycles. The molecule has 0 atom stereocenters. The van der Waals surface area contributed by atoms with Crippen LogP contribution < -0.4 is 5.32 Å². The summed E-state index contributed by atoms with van der Waals surface area (Å²) in [5.41, 5.74) is 2.14. The highest BCUT2D eigenvalue weighted by molar-refractivity contribution is 5.78. The van der Waals surface area contributed by atoms with Crippen molar-refractivity contribution < 1.29 is 0 Å². The van der Waals surface area contributed by atoms with Crippen LogP contribution in [0.1, 0.15) is 6.92 Å². The molecule has 0 aliphatic heterocycles. The zero-order chi connectivity index (χ0) is 10.7. The van der Waals surface area contributed by atoms with Crippen LogP contribution in [0.3, 0.4) is 0 Å². The quantitative estimate of drug-likeness (QED) is 0.767. The molecule has 3 nitrogen and oxygen atoms in total. The number of terminal acetylenes is 1. The van der Waals surface area contributed by atoms with E-state index < -0.39 is 0 Å². The molecule has 2 aromatic rings. The van der Waals surface area contributed by atoms with Crippen molar-refractivity contribution in [1.82, 2.24) is 9.55 Å². The molecule has 0 saturated heterocycles. The number of aromatic nitrogens is 2. The summed E-state index contributed by atoms with van der Waals surface area (Å²) in [4.78, 5) is 4.48. The molecule has 0 bridgehead atoms. The summed E-state index contributed by atoms with van der Waals surface area (Å²) >= 11 is 0. The number of nitrogens with one attached hydrogen (secondary N) is 1. The molecule has 76 valence electrons. The summed E-state index contributed by atoms with van der Waals surface area (Å²) in [6.07, 6.45) is 5.21. The van der Waals surface area contributed by atoms with Crippen LogP contribution in [0.25, 0.3) is 11.0 Å². The van der Waals surface area contributed by atoms with Gasteiger partial charge in [-0.05, 0) is 19.1 Å². The standard InChI is InChI=1S/C12H13N3/c1-3-9-13-12-14-10-7-5-6-8-11(10)15(12)4-2/h1,5-8H,4,9H2,2H3,(H,13,14). The second-order valence-corrected chi connectivity index (χ2v) is 3.23. The Balaban J connectivity index is 2.50. The topological polar surface area (TPSA) is 29.9 Å². The number of hydrogen-bond donors (Lipinski definition) is 1. The Kier molecular flexibility index (Phi) is 2.59. The van der Waals surface area contributed by atoms with Gasteiger partial charge in [0.25, 0.3) is 0 Å². The van der Waals surface area contributed by atoms with Crippen LogP contribution >= 0.6 is 0 Å². The summed E-state index contributed by atoms with van der Waals surface area (Å²) in [5, 5.41) is 3.12. The van der Waals surface area contributed by atoms with Gasteiger partial charge in [0.05, 0.1) is 17.6 Å². The normalized spacial score (nSPS) is 10.1. The molecule has 0 saturated carbocycles. The molecule has 0 unspecified atom stereocenters. The summed E-state index contributed by atoms with van der Waals surface area (Å²) in [6, 6.07) is 8.07. The average Bonchev–Trinajstić information content (AvgIpc) is 2.63. The Morgan fingerprint density at radius 3 is 3.00 bits per heavy atom. The number of rotatable bonds is 3. The number of imidazole rings is 1. The maximum Gasteiger partial charge on any atom is 0.204 e. The van der Waals surface area contributed by atoms with Crippen molar-refractivity contribution in [3.05, 3.63) is 24.3 Å². The lowest BCUT2D eigenvalue weighted by Gasteiger charge is -2.05. The highest BCUT2D eigenvalue weighted by Crippen LogP contribution is 2.18. The molecular weight excluding hydrogens is 186 g/mol. The minimum Gasteiger partial charge on any atom is -0.345 e. The van der Waals surface area contributed by atoms with Gasteiger partial charge in [-0.3, -0.25) is 0 Å². The number of anilines is 1. The Bertz CT molecular complexity index is 505. The number of nitrogens with zero attached hydrogens (tertiary/aromatic N) is 2. The molecule has 0 amide bonds. The SMILES string of the molecule is C#CCNc1nc2ccccc2n1CC. The molecule has 1 aromatic heterocycles. The molecule has 0 spiro atoms. The van der Waals surface area contributed by atoms with E-state index in [9.17, 15) is 0 Å². The lowest BCUT2D eigenvalue weighted by molar-refractivity contribution is 0.792. The maximum absolute atomic E-state index is 5.21. The number of aryl methyl sites for hydroxylation is 1. The van der Waals surface area contributed by atoms with Gasteiger partial charge in [-0.25, -0.2) is 4.98 Å². The van der Waals surface area contributed by atoms with E-state index in [-0.39, 0.29) is 0 Å². The van der Waals surface area contributed by atoms with E-state index in [1.807, 2.05) is 18.2 Å². The number of hydrogen-bond acceptors (Lipinski definition) is 2. The van der Waals surface area contributed by atoms with E-state index in [0.29, 0.717) is 6.54 Å². The second kappa shape index (κ2) is 4.05. The summed E-state index contributed by atoms with van der Waals surface area (Å²) in [6.45, 7) is 3.48. The van der Waals surface area contributed by atoms with Crippen LogP contribution in [-0.4, -0.2) is 16.1 Å². The predicted octanol–water partition coefficient (Wildman–Crippen LogP) is 2.10. The summed E-state index contributed by atoms with van der Waals surface area (Å²) in [7, 11) is 0. The maximum atomic E-state index is 5.21.